The van der Waals surface area contributed by atoms with Crippen LogP contribution < -0.4 is 11.1 Å². The van der Waals surface area contributed by atoms with E-state index in [1.165, 1.54) is 5.56 Å². The Morgan fingerprint density at radius 2 is 1.91 bits per heavy atom. The van der Waals surface area contributed by atoms with Crippen LogP contribution in [0, 0.1) is 6.92 Å². The van der Waals surface area contributed by atoms with Gasteiger partial charge in [-0.05, 0) is 43.0 Å². The first-order valence-corrected chi connectivity index (χ1v) is 7.93. The third-order valence-electron chi connectivity index (χ3n) is 3.61. The Bertz CT molecular complexity index is 627. The molecule has 23 heavy (non-hydrogen) atoms. The lowest BCUT2D eigenvalue weighted by atomic mass is 10.1. The quantitative estimate of drug-likeness (QED) is 0.578. The van der Waals surface area contributed by atoms with Crippen molar-refractivity contribution < 1.29 is 9.53 Å². The van der Waals surface area contributed by atoms with E-state index in [0.29, 0.717) is 31.7 Å². The topological polar surface area (TPSA) is 64.3 Å². The number of benzene rings is 2. The van der Waals surface area contributed by atoms with Crippen LogP contribution in [-0.4, -0.2) is 19.1 Å². The standard InChI is InChI=1S/C19H24N2O2/c1-15-9-10-17(20)14-18(15)21-19(22)8-5-12-23-13-11-16-6-3-2-4-7-16/h2-4,6-7,9-10,14H,5,8,11-13,20H2,1H3,(H,21,22). The van der Waals surface area contributed by atoms with E-state index in [9.17, 15) is 4.79 Å². The molecule has 0 radical (unpaired) electrons. The van der Waals surface area contributed by atoms with Crippen molar-refractivity contribution in [2.45, 2.75) is 26.2 Å². The number of amides is 1. The highest BCUT2D eigenvalue weighted by atomic mass is 16.5. The summed E-state index contributed by atoms with van der Waals surface area (Å²) in [7, 11) is 0. The van der Waals surface area contributed by atoms with Gasteiger partial charge in [-0.25, -0.2) is 0 Å². The van der Waals surface area contributed by atoms with Crippen molar-refractivity contribution in [1.82, 2.24) is 0 Å². The van der Waals surface area contributed by atoms with Crippen LogP contribution in [0.15, 0.2) is 48.5 Å². The highest BCUT2D eigenvalue weighted by Gasteiger charge is 2.05. The predicted molar refractivity (Wildman–Crippen MR) is 94.4 cm³/mol. The summed E-state index contributed by atoms with van der Waals surface area (Å²) >= 11 is 0. The normalized spacial score (nSPS) is 10.5. The van der Waals surface area contributed by atoms with Crippen LogP contribution in [0.5, 0.6) is 0 Å². The van der Waals surface area contributed by atoms with Gasteiger partial charge in [-0.1, -0.05) is 36.4 Å². The molecule has 0 aliphatic carbocycles. The van der Waals surface area contributed by atoms with Crippen molar-refractivity contribution in [1.29, 1.82) is 0 Å². The van der Waals surface area contributed by atoms with E-state index in [4.69, 9.17) is 10.5 Å². The maximum atomic E-state index is 11.9. The zero-order valence-corrected chi connectivity index (χ0v) is 13.5. The Hall–Kier alpha value is -2.33. The van der Waals surface area contributed by atoms with E-state index in [2.05, 4.69) is 17.4 Å². The van der Waals surface area contributed by atoms with Crippen LogP contribution in [-0.2, 0) is 16.0 Å². The van der Waals surface area contributed by atoms with Gasteiger partial charge in [0.25, 0.3) is 0 Å². The Morgan fingerprint density at radius 3 is 2.70 bits per heavy atom. The molecule has 4 nitrogen and oxygen atoms in total. The van der Waals surface area contributed by atoms with Gasteiger partial charge in [0.1, 0.15) is 0 Å². The Labute approximate surface area is 137 Å². The summed E-state index contributed by atoms with van der Waals surface area (Å²) in [5.41, 5.74) is 9.43. The van der Waals surface area contributed by atoms with Crippen LogP contribution in [0.25, 0.3) is 0 Å². The van der Waals surface area contributed by atoms with Crippen molar-refractivity contribution in [3.63, 3.8) is 0 Å². The van der Waals surface area contributed by atoms with Gasteiger partial charge in [0.05, 0.1) is 6.61 Å². The van der Waals surface area contributed by atoms with E-state index in [1.54, 1.807) is 6.07 Å². The molecule has 0 unspecified atom stereocenters. The Balaban J connectivity index is 1.60. The fourth-order valence-electron chi connectivity index (χ4n) is 2.26. The number of nitrogens with two attached hydrogens (primary N) is 1. The van der Waals surface area contributed by atoms with Gasteiger partial charge in [-0.2, -0.15) is 0 Å². The molecule has 0 aliphatic heterocycles. The van der Waals surface area contributed by atoms with Gasteiger partial charge in [-0.15, -0.1) is 0 Å². The second-order valence-electron chi connectivity index (χ2n) is 5.57. The van der Waals surface area contributed by atoms with Gasteiger partial charge in [0, 0.05) is 24.4 Å². The molecule has 3 N–H and O–H groups in total. The van der Waals surface area contributed by atoms with Gasteiger partial charge in [-0.3, -0.25) is 4.79 Å². The maximum Gasteiger partial charge on any atom is 0.224 e. The molecule has 2 aromatic carbocycles. The summed E-state index contributed by atoms with van der Waals surface area (Å²) in [6.07, 6.45) is 2.05. The average Bonchev–Trinajstić information content (AvgIpc) is 2.55. The van der Waals surface area contributed by atoms with Crippen molar-refractivity contribution in [3.05, 3.63) is 59.7 Å². The van der Waals surface area contributed by atoms with E-state index >= 15 is 0 Å². The van der Waals surface area contributed by atoms with Crippen LogP contribution in [0.3, 0.4) is 0 Å². The number of carbonyl (C=O) groups is 1. The second kappa shape index (κ2) is 8.96. The molecular formula is C19H24N2O2. The van der Waals surface area contributed by atoms with Crippen LogP contribution in [0.1, 0.15) is 24.0 Å². The number of hydrogen-bond donors (Lipinski definition) is 2. The smallest absolute Gasteiger partial charge is 0.224 e. The number of carbonyl (C=O) groups excluding carboxylic acids is 1. The summed E-state index contributed by atoms with van der Waals surface area (Å²) in [4.78, 5) is 11.9. The highest BCUT2D eigenvalue weighted by Crippen LogP contribution is 2.18. The minimum Gasteiger partial charge on any atom is -0.399 e. The van der Waals surface area contributed by atoms with Gasteiger partial charge < -0.3 is 15.8 Å². The van der Waals surface area contributed by atoms with Crippen molar-refractivity contribution >= 4 is 17.3 Å². The molecule has 1 amide bonds. The first kappa shape index (κ1) is 17.0. The summed E-state index contributed by atoms with van der Waals surface area (Å²) in [6, 6.07) is 15.7. The van der Waals surface area contributed by atoms with Gasteiger partial charge in [0.2, 0.25) is 5.91 Å². The number of nitrogen functional groups attached to an aromatic ring is 1. The minimum atomic E-state index is -0.00893. The lowest BCUT2D eigenvalue weighted by Crippen LogP contribution is -2.13. The van der Waals surface area contributed by atoms with Crippen LogP contribution >= 0.6 is 0 Å². The third-order valence-corrected chi connectivity index (χ3v) is 3.61. The molecule has 0 aromatic heterocycles. The first-order valence-electron chi connectivity index (χ1n) is 7.93. The number of ether oxygens (including phenoxy) is 1. The molecule has 0 heterocycles. The van der Waals surface area contributed by atoms with Crippen LogP contribution in [0.2, 0.25) is 0 Å². The number of rotatable bonds is 8. The van der Waals surface area contributed by atoms with Crippen molar-refractivity contribution in [3.8, 4) is 0 Å². The molecule has 0 saturated heterocycles. The lowest BCUT2D eigenvalue weighted by Gasteiger charge is -2.09. The molecular weight excluding hydrogens is 288 g/mol. The zero-order chi connectivity index (χ0) is 16.5. The average molecular weight is 312 g/mol. The summed E-state index contributed by atoms with van der Waals surface area (Å²) in [6.45, 7) is 3.22. The maximum absolute atomic E-state index is 11.9. The largest absolute Gasteiger partial charge is 0.399 e. The number of hydrogen-bond acceptors (Lipinski definition) is 3. The molecule has 0 spiro atoms. The highest BCUT2D eigenvalue weighted by molar-refractivity contribution is 5.91. The van der Waals surface area contributed by atoms with E-state index < -0.39 is 0 Å². The molecule has 4 heteroatoms. The predicted octanol–water partition coefficient (Wildman–Crippen LogP) is 3.56. The number of nitrogens with one attached hydrogen (secondary N) is 1. The molecule has 2 aromatic rings. The molecule has 0 aliphatic rings. The lowest BCUT2D eigenvalue weighted by molar-refractivity contribution is -0.116. The molecule has 2 rings (SSSR count). The fraction of sp³-hybridized carbons (Fsp3) is 0.316. The Kier molecular flexibility index (Phi) is 6.63. The molecule has 0 bridgehead atoms. The SMILES string of the molecule is Cc1ccc(N)cc1NC(=O)CCCOCCc1ccccc1. The Morgan fingerprint density at radius 1 is 1.13 bits per heavy atom. The molecule has 0 atom stereocenters. The first-order chi connectivity index (χ1) is 11.1. The second-order valence-corrected chi connectivity index (χ2v) is 5.57. The summed E-state index contributed by atoms with van der Waals surface area (Å²) in [5, 5.41) is 2.89. The minimum absolute atomic E-state index is 0.00893. The van der Waals surface area contributed by atoms with Crippen LogP contribution in [0.4, 0.5) is 11.4 Å². The molecule has 122 valence electrons. The van der Waals surface area contributed by atoms with Crippen molar-refractivity contribution in [2.75, 3.05) is 24.3 Å². The molecule has 0 saturated carbocycles. The molecule has 0 fully saturated rings. The van der Waals surface area contributed by atoms with E-state index in [-0.39, 0.29) is 5.91 Å². The monoisotopic (exact) mass is 312 g/mol. The summed E-state index contributed by atoms with van der Waals surface area (Å²) in [5.74, 6) is -0.00893. The number of anilines is 2. The fourth-order valence-corrected chi connectivity index (χ4v) is 2.26. The van der Waals surface area contributed by atoms with Gasteiger partial charge >= 0.3 is 0 Å². The van der Waals surface area contributed by atoms with Gasteiger partial charge in [0.15, 0.2) is 0 Å². The van der Waals surface area contributed by atoms with E-state index in [1.807, 2.05) is 37.3 Å². The summed E-state index contributed by atoms with van der Waals surface area (Å²) < 4.78 is 5.58. The zero-order valence-electron chi connectivity index (χ0n) is 13.5. The van der Waals surface area contributed by atoms with Crippen molar-refractivity contribution in [2.24, 2.45) is 0 Å². The third kappa shape index (κ3) is 6.12. The number of aryl methyl sites for hydroxylation is 1. The van der Waals surface area contributed by atoms with E-state index in [0.717, 1.165) is 17.7 Å².